The van der Waals surface area contributed by atoms with E-state index in [0.29, 0.717) is 18.9 Å². The molecule has 0 atom stereocenters. The molecule has 0 fully saturated rings. The summed E-state index contributed by atoms with van der Waals surface area (Å²) in [5.41, 5.74) is 1.65. The molecule has 2 amide bonds. The highest BCUT2D eigenvalue weighted by molar-refractivity contribution is 7.99. The Balaban J connectivity index is 1.82. The number of hydrogen-bond donors (Lipinski definition) is 1. The molecule has 0 unspecified atom stereocenters. The van der Waals surface area contributed by atoms with Crippen LogP contribution in [0.2, 0.25) is 0 Å². The molecule has 7 heteroatoms. The summed E-state index contributed by atoms with van der Waals surface area (Å²) in [6.45, 7) is 1.14. The van der Waals surface area contributed by atoms with Crippen molar-refractivity contribution in [2.45, 2.75) is 11.4 Å². The number of thioether (sulfide) groups is 1. The minimum atomic E-state index is -0.169. The number of nitrogens with one attached hydrogen (secondary N) is 1. The van der Waals surface area contributed by atoms with Crippen molar-refractivity contribution in [3.8, 4) is 5.69 Å². The van der Waals surface area contributed by atoms with E-state index in [1.165, 1.54) is 11.8 Å². The van der Waals surface area contributed by atoms with Gasteiger partial charge in [-0.2, -0.15) is 0 Å². The second kappa shape index (κ2) is 8.22. The fourth-order valence-electron chi connectivity index (χ4n) is 2.74. The van der Waals surface area contributed by atoms with Crippen molar-refractivity contribution in [1.29, 1.82) is 0 Å². The van der Waals surface area contributed by atoms with E-state index in [4.69, 9.17) is 4.74 Å². The number of amides is 2. The highest BCUT2D eigenvalue weighted by Gasteiger charge is 2.25. The zero-order valence-corrected chi connectivity index (χ0v) is 14.9. The SMILES string of the molecule is COCCCNC(=O)CN1C(=O)CSc2cccn2-c2ccccc21. The number of rotatable bonds is 6. The maximum absolute atomic E-state index is 12.7. The van der Waals surface area contributed by atoms with E-state index in [0.717, 1.165) is 22.8 Å². The molecule has 3 rings (SSSR count). The number of para-hydroxylation sites is 2. The standard InChI is InChI=1S/C18H21N3O3S/c1-24-11-5-9-19-16(22)12-21-15-7-3-2-6-14(15)20-10-4-8-18(20)25-13-17(21)23/h2-4,6-8,10H,5,9,11-13H2,1H3,(H,19,22). The number of fused-ring (bicyclic) bond motifs is 3. The van der Waals surface area contributed by atoms with Crippen LogP contribution in [0.3, 0.4) is 0 Å². The predicted molar refractivity (Wildman–Crippen MR) is 98.3 cm³/mol. The molecule has 0 saturated carbocycles. The lowest BCUT2D eigenvalue weighted by atomic mass is 10.2. The number of methoxy groups -OCH3 is 1. The molecular weight excluding hydrogens is 338 g/mol. The number of benzene rings is 1. The third kappa shape index (κ3) is 4.05. The van der Waals surface area contributed by atoms with Crippen LogP contribution in [0.5, 0.6) is 0 Å². The molecule has 1 aliphatic rings. The van der Waals surface area contributed by atoms with E-state index in [1.807, 2.05) is 42.6 Å². The van der Waals surface area contributed by atoms with Crippen molar-refractivity contribution >= 4 is 29.3 Å². The van der Waals surface area contributed by atoms with Crippen LogP contribution in [0.25, 0.3) is 5.69 Å². The van der Waals surface area contributed by atoms with Crippen molar-refractivity contribution in [1.82, 2.24) is 9.88 Å². The fraction of sp³-hybridized carbons (Fsp3) is 0.333. The van der Waals surface area contributed by atoms with Gasteiger partial charge in [0.1, 0.15) is 6.54 Å². The number of ether oxygens (including phenoxy) is 1. The van der Waals surface area contributed by atoms with Gasteiger partial charge in [-0.15, -0.1) is 0 Å². The molecule has 2 aromatic rings. The minimum absolute atomic E-state index is 0.0139. The first-order valence-electron chi connectivity index (χ1n) is 8.16. The molecule has 0 radical (unpaired) electrons. The minimum Gasteiger partial charge on any atom is -0.385 e. The lowest BCUT2D eigenvalue weighted by molar-refractivity contribution is -0.122. The Morgan fingerprint density at radius 2 is 2.04 bits per heavy atom. The lowest BCUT2D eigenvalue weighted by Crippen LogP contribution is -2.43. The molecule has 132 valence electrons. The molecular formula is C18H21N3O3S. The molecule has 0 spiro atoms. The largest absolute Gasteiger partial charge is 0.385 e. The smallest absolute Gasteiger partial charge is 0.240 e. The van der Waals surface area contributed by atoms with Gasteiger partial charge in [-0.3, -0.25) is 9.59 Å². The van der Waals surface area contributed by atoms with Gasteiger partial charge >= 0.3 is 0 Å². The van der Waals surface area contributed by atoms with Crippen LogP contribution in [0.15, 0.2) is 47.6 Å². The Labute approximate surface area is 151 Å². The highest BCUT2D eigenvalue weighted by Crippen LogP contribution is 2.32. The number of aromatic nitrogens is 1. The summed E-state index contributed by atoms with van der Waals surface area (Å²) in [4.78, 5) is 26.5. The summed E-state index contributed by atoms with van der Waals surface area (Å²) >= 11 is 1.48. The van der Waals surface area contributed by atoms with Crippen LogP contribution in [0.4, 0.5) is 5.69 Å². The summed E-state index contributed by atoms with van der Waals surface area (Å²) in [6.07, 6.45) is 2.72. The zero-order valence-electron chi connectivity index (χ0n) is 14.1. The van der Waals surface area contributed by atoms with Gasteiger partial charge in [0, 0.05) is 26.5 Å². The maximum atomic E-state index is 12.7. The highest BCUT2D eigenvalue weighted by atomic mass is 32.2. The van der Waals surface area contributed by atoms with Gasteiger partial charge in [-0.25, -0.2) is 0 Å². The summed E-state index contributed by atoms with van der Waals surface area (Å²) in [5.74, 6) is 0.0597. The third-order valence-corrected chi connectivity index (χ3v) is 4.96. The van der Waals surface area contributed by atoms with Gasteiger partial charge in [-0.05, 0) is 30.7 Å². The Morgan fingerprint density at radius 1 is 1.24 bits per heavy atom. The quantitative estimate of drug-likeness (QED) is 0.802. The molecule has 0 saturated heterocycles. The van der Waals surface area contributed by atoms with Crippen molar-refractivity contribution in [3.05, 3.63) is 42.6 Å². The fourth-order valence-corrected chi connectivity index (χ4v) is 3.64. The van der Waals surface area contributed by atoms with E-state index < -0.39 is 0 Å². The summed E-state index contributed by atoms with van der Waals surface area (Å²) < 4.78 is 7.02. The molecule has 25 heavy (non-hydrogen) atoms. The van der Waals surface area contributed by atoms with E-state index in [-0.39, 0.29) is 18.4 Å². The summed E-state index contributed by atoms with van der Waals surface area (Å²) in [5, 5.41) is 3.86. The Kier molecular flexibility index (Phi) is 5.78. The lowest BCUT2D eigenvalue weighted by Gasteiger charge is -2.27. The van der Waals surface area contributed by atoms with Gasteiger partial charge in [0.05, 0.1) is 22.2 Å². The molecule has 6 nitrogen and oxygen atoms in total. The Morgan fingerprint density at radius 3 is 2.84 bits per heavy atom. The van der Waals surface area contributed by atoms with Gasteiger partial charge in [0.15, 0.2) is 0 Å². The van der Waals surface area contributed by atoms with Crippen LogP contribution in [0.1, 0.15) is 6.42 Å². The van der Waals surface area contributed by atoms with E-state index in [1.54, 1.807) is 12.0 Å². The average Bonchev–Trinajstić information content (AvgIpc) is 3.08. The van der Waals surface area contributed by atoms with Crippen LogP contribution in [-0.2, 0) is 14.3 Å². The molecule has 1 aliphatic heterocycles. The first kappa shape index (κ1) is 17.6. The topological polar surface area (TPSA) is 63.6 Å². The predicted octanol–water partition coefficient (Wildman–Crippen LogP) is 2.07. The Bertz CT molecular complexity index is 760. The molecule has 2 heterocycles. The van der Waals surface area contributed by atoms with E-state index in [2.05, 4.69) is 9.88 Å². The van der Waals surface area contributed by atoms with Gasteiger partial charge < -0.3 is 19.5 Å². The molecule has 1 aromatic carbocycles. The van der Waals surface area contributed by atoms with Gasteiger partial charge in [0.25, 0.3) is 0 Å². The Hall–Kier alpha value is -2.25. The van der Waals surface area contributed by atoms with Crippen molar-refractivity contribution in [2.75, 3.05) is 37.5 Å². The van der Waals surface area contributed by atoms with Crippen LogP contribution < -0.4 is 10.2 Å². The van der Waals surface area contributed by atoms with Crippen molar-refractivity contribution in [2.24, 2.45) is 0 Å². The van der Waals surface area contributed by atoms with E-state index in [9.17, 15) is 9.59 Å². The first-order chi connectivity index (χ1) is 12.2. The van der Waals surface area contributed by atoms with Gasteiger partial charge in [0.2, 0.25) is 11.8 Å². The molecule has 0 bridgehead atoms. The first-order valence-corrected chi connectivity index (χ1v) is 9.15. The van der Waals surface area contributed by atoms with E-state index >= 15 is 0 Å². The molecule has 1 N–H and O–H groups in total. The number of carbonyl (C=O) groups excluding carboxylic acids is 2. The summed E-state index contributed by atoms with van der Waals surface area (Å²) in [6, 6.07) is 11.6. The normalized spacial score (nSPS) is 13.6. The second-order valence-electron chi connectivity index (χ2n) is 5.67. The van der Waals surface area contributed by atoms with Gasteiger partial charge in [-0.1, -0.05) is 23.9 Å². The second-order valence-corrected chi connectivity index (χ2v) is 6.67. The van der Waals surface area contributed by atoms with Crippen LogP contribution in [-0.4, -0.2) is 48.9 Å². The van der Waals surface area contributed by atoms with Crippen LogP contribution >= 0.6 is 11.8 Å². The van der Waals surface area contributed by atoms with Crippen molar-refractivity contribution in [3.63, 3.8) is 0 Å². The zero-order chi connectivity index (χ0) is 17.6. The number of anilines is 1. The maximum Gasteiger partial charge on any atom is 0.240 e. The number of carbonyl (C=O) groups is 2. The monoisotopic (exact) mass is 359 g/mol. The number of hydrogen-bond acceptors (Lipinski definition) is 4. The van der Waals surface area contributed by atoms with Crippen LogP contribution in [0, 0.1) is 0 Å². The number of nitrogens with zero attached hydrogens (tertiary/aromatic N) is 2. The molecule has 0 aliphatic carbocycles. The average molecular weight is 359 g/mol. The van der Waals surface area contributed by atoms with Crippen molar-refractivity contribution < 1.29 is 14.3 Å². The summed E-state index contributed by atoms with van der Waals surface area (Å²) in [7, 11) is 1.63. The molecule has 1 aromatic heterocycles. The third-order valence-electron chi connectivity index (χ3n) is 3.94.